The molecule has 1 aliphatic carbocycles. The van der Waals surface area contributed by atoms with E-state index in [4.69, 9.17) is 0 Å². The Bertz CT molecular complexity index is 592. The van der Waals surface area contributed by atoms with Gasteiger partial charge in [-0.2, -0.15) is 5.10 Å². The van der Waals surface area contributed by atoms with Crippen LogP contribution in [-0.2, 0) is 6.54 Å². The second kappa shape index (κ2) is 7.87. The van der Waals surface area contributed by atoms with Gasteiger partial charge in [0.1, 0.15) is 5.69 Å². The van der Waals surface area contributed by atoms with Gasteiger partial charge < -0.3 is 10.4 Å². The molecule has 25 heavy (non-hydrogen) atoms. The summed E-state index contributed by atoms with van der Waals surface area (Å²) < 4.78 is 1.76. The van der Waals surface area contributed by atoms with E-state index in [1.54, 1.807) is 4.68 Å². The van der Waals surface area contributed by atoms with Crippen molar-refractivity contribution in [2.75, 3.05) is 13.1 Å². The monoisotopic (exact) mass is 348 g/mol. The molecule has 1 amide bonds. The standard InChI is InChI=1S/C19H32N4O2/c1-4-23-17(12-15(21-23)13(2)3)19(25)20-14-8-7-9-16(18(14)24)22-10-5-6-11-22/h12-14,16,18,24H,4-11H2,1-3H3,(H,20,25)/t14-,16-,18-/m1/s1. The lowest BCUT2D eigenvalue weighted by Crippen LogP contribution is -2.56. The fourth-order valence-corrected chi connectivity index (χ4v) is 4.17. The lowest BCUT2D eigenvalue weighted by Gasteiger charge is -2.40. The average Bonchev–Trinajstić information content (AvgIpc) is 3.26. The number of amides is 1. The summed E-state index contributed by atoms with van der Waals surface area (Å²) in [4.78, 5) is 15.2. The Hall–Kier alpha value is -1.40. The van der Waals surface area contributed by atoms with Crippen molar-refractivity contribution in [3.05, 3.63) is 17.5 Å². The second-order valence-electron chi connectivity index (χ2n) is 7.74. The summed E-state index contributed by atoms with van der Waals surface area (Å²) >= 11 is 0. The number of aryl methyl sites for hydroxylation is 1. The predicted octanol–water partition coefficient (Wildman–Crippen LogP) is 2.13. The number of carbonyl (C=O) groups is 1. The molecule has 1 aromatic rings. The molecule has 1 aliphatic heterocycles. The fourth-order valence-electron chi connectivity index (χ4n) is 4.17. The Morgan fingerprint density at radius 2 is 2.04 bits per heavy atom. The van der Waals surface area contributed by atoms with Crippen LogP contribution in [0, 0.1) is 0 Å². The van der Waals surface area contributed by atoms with Crippen LogP contribution in [0.3, 0.4) is 0 Å². The number of aromatic nitrogens is 2. The van der Waals surface area contributed by atoms with Gasteiger partial charge in [0.05, 0.1) is 17.8 Å². The van der Waals surface area contributed by atoms with E-state index >= 15 is 0 Å². The number of aliphatic hydroxyl groups is 1. The molecule has 6 heteroatoms. The molecule has 1 saturated carbocycles. The van der Waals surface area contributed by atoms with Crippen molar-refractivity contribution in [1.82, 2.24) is 20.0 Å². The van der Waals surface area contributed by atoms with Crippen molar-refractivity contribution in [3.8, 4) is 0 Å². The maximum absolute atomic E-state index is 12.8. The van der Waals surface area contributed by atoms with Crippen molar-refractivity contribution < 1.29 is 9.90 Å². The highest BCUT2D eigenvalue weighted by molar-refractivity contribution is 5.93. The summed E-state index contributed by atoms with van der Waals surface area (Å²) in [6, 6.07) is 1.90. The Balaban J connectivity index is 1.69. The van der Waals surface area contributed by atoms with Gasteiger partial charge in [0, 0.05) is 12.6 Å². The van der Waals surface area contributed by atoms with Crippen LogP contribution >= 0.6 is 0 Å². The largest absolute Gasteiger partial charge is 0.389 e. The summed E-state index contributed by atoms with van der Waals surface area (Å²) in [5.41, 5.74) is 1.54. The first kappa shape index (κ1) is 18.4. The summed E-state index contributed by atoms with van der Waals surface area (Å²) in [6.07, 6.45) is 4.86. The highest BCUT2D eigenvalue weighted by atomic mass is 16.3. The van der Waals surface area contributed by atoms with Crippen LogP contribution in [0.2, 0.25) is 0 Å². The maximum Gasteiger partial charge on any atom is 0.269 e. The van der Waals surface area contributed by atoms with E-state index in [1.165, 1.54) is 12.8 Å². The van der Waals surface area contributed by atoms with E-state index in [0.29, 0.717) is 18.2 Å². The number of carbonyl (C=O) groups excluding carboxylic acids is 1. The van der Waals surface area contributed by atoms with Gasteiger partial charge in [-0.05, 0) is 64.1 Å². The quantitative estimate of drug-likeness (QED) is 0.855. The second-order valence-corrected chi connectivity index (χ2v) is 7.74. The van der Waals surface area contributed by atoms with Crippen LogP contribution in [0.1, 0.15) is 75.0 Å². The smallest absolute Gasteiger partial charge is 0.269 e. The third kappa shape index (κ3) is 3.90. The molecule has 3 rings (SSSR count). The van der Waals surface area contributed by atoms with Crippen LogP contribution < -0.4 is 5.32 Å². The minimum absolute atomic E-state index is 0.118. The van der Waals surface area contributed by atoms with Gasteiger partial charge in [0.2, 0.25) is 0 Å². The van der Waals surface area contributed by atoms with Crippen LogP contribution in [0.25, 0.3) is 0 Å². The van der Waals surface area contributed by atoms with Gasteiger partial charge in [0.15, 0.2) is 0 Å². The SMILES string of the molecule is CCn1nc(C(C)C)cc1C(=O)N[C@@H]1CCC[C@@H](N2CCCC2)[C@@H]1O. The highest BCUT2D eigenvalue weighted by Gasteiger charge is 2.37. The maximum atomic E-state index is 12.8. The molecule has 0 aromatic carbocycles. The summed E-state index contributed by atoms with van der Waals surface area (Å²) in [7, 11) is 0. The molecular formula is C19H32N4O2. The molecule has 0 bridgehead atoms. The number of likely N-dealkylation sites (tertiary alicyclic amines) is 1. The van der Waals surface area contributed by atoms with E-state index < -0.39 is 6.10 Å². The number of aliphatic hydroxyl groups excluding tert-OH is 1. The first-order valence-electron chi connectivity index (χ1n) is 9.82. The van der Waals surface area contributed by atoms with Crippen LogP contribution in [-0.4, -0.2) is 57.0 Å². The molecule has 140 valence electrons. The zero-order chi connectivity index (χ0) is 18.0. The number of hydrogen-bond acceptors (Lipinski definition) is 4. The summed E-state index contributed by atoms with van der Waals surface area (Å²) in [6.45, 7) is 8.96. The fraction of sp³-hybridized carbons (Fsp3) is 0.789. The normalized spacial score (nSPS) is 27.8. The third-order valence-electron chi connectivity index (χ3n) is 5.67. The number of hydrogen-bond donors (Lipinski definition) is 2. The zero-order valence-electron chi connectivity index (χ0n) is 15.7. The lowest BCUT2D eigenvalue weighted by molar-refractivity contribution is 0.00691. The molecule has 0 spiro atoms. The number of nitrogens with zero attached hydrogens (tertiary/aromatic N) is 3. The molecule has 3 atom stereocenters. The molecule has 0 radical (unpaired) electrons. The topological polar surface area (TPSA) is 70.4 Å². The Morgan fingerprint density at radius 3 is 2.68 bits per heavy atom. The van der Waals surface area contributed by atoms with Crippen molar-refractivity contribution >= 4 is 5.91 Å². The Kier molecular flexibility index (Phi) is 5.79. The van der Waals surface area contributed by atoms with Gasteiger partial charge in [-0.3, -0.25) is 14.4 Å². The van der Waals surface area contributed by atoms with Gasteiger partial charge >= 0.3 is 0 Å². The van der Waals surface area contributed by atoms with E-state index in [-0.39, 0.29) is 18.0 Å². The van der Waals surface area contributed by atoms with Gasteiger partial charge in [-0.15, -0.1) is 0 Å². The van der Waals surface area contributed by atoms with Crippen molar-refractivity contribution in [1.29, 1.82) is 0 Å². The van der Waals surface area contributed by atoms with Crippen molar-refractivity contribution in [2.45, 2.75) is 83.5 Å². The summed E-state index contributed by atoms with van der Waals surface area (Å²) in [5, 5.41) is 18.4. The van der Waals surface area contributed by atoms with E-state index in [1.807, 2.05) is 13.0 Å². The average molecular weight is 348 g/mol. The number of rotatable bonds is 5. The molecule has 2 heterocycles. The Morgan fingerprint density at radius 1 is 1.32 bits per heavy atom. The molecule has 1 aromatic heterocycles. The van der Waals surface area contributed by atoms with Crippen molar-refractivity contribution in [3.63, 3.8) is 0 Å². The molecule has 2 N–H and O–H groups in total. The summed E-state index contributed by atoms with van der Waals surface area (Å²) in [5.74, 6) is 0.173. The minimum atomic E-state index is -0.488. The van der Waals surface area contributed by atoms with Gasteiger partial charge in [-0.1, -0.05) is 13.8 Å². The van der Waals surface area contributed by atoms with E-state index in [0.717, 1.165) is 38.0 Å². The highest BCUT2D eigenvalue weighted by Crippen LogP contribution is 2.27. The number of nitrogens with one attached hydrogen (secondary N) is 1. The first-order valence-corrected chi connectivity index (χ1v) is 9.82. The lowest BCUT2D eigenvalue weighted by atomic mass is 9.87. The molecule has 0 unspecified atom stereocenters. The van der Waals surface area contributed by atoms with Crippen LogP contribution in [0.15, 0.2) is 6.07 Å². The first-order chi connectivity index (χ1) is 12.0. The molecule has 2 aliphatic rings. The minimum Gasteiger partial charge on any atom is -0.389 e. The van der Waals surface area contributed by atoms with Gasteiger partial charge in [0.25, 0.3) is 5.91 Å². The molecular weight excluding hydrogens is 316 g/mol. The third-order valence-corrected chi connectivity index (χ3v) is 5.67. The van der Waals surface area contributed by atoms with Crippen molar-refractivity contribution in [2.24, 2.45) is 0 Å². The Labute approximate surface area is 150 Å². The van der Waals surface area contributed by atoms with E-state index in [2.05, 4.69) is 29.2 Å². The molecule has 6 nitrogen and oxygen atoms in total. The zero-order valence-corrected chi connectivity index (χ0v) is 15.7. The van der Waals surface area contributed by atoms with Gasteiger partial charge in [-0.25, -0.2) is 0 Å². The molecule has 2 fully saturated rings. The molecule has 1 saturated heterocycles. The van der Waals surface area contributed by atoms with Crippen LogP contribution in [0.4, 0.5) is 0 Å². The van der Waals surface area contributed by atoms with Crippen LogP contribution in [0.5, 0.6) is 0 Å². The van der Waals surface area contributed by atoms with E-state index in [9.17, 15) is 9.90 Å². The predicted molar refractivity (Wildman–Crippen MR) is 97.7 cm³/mol.